The number of aryl methyl sites for hydroxylation is 2. The number of benzene rings is 1. The van der Waals surface area contributed by atoms with Crippen molar-refractivity contribution >= 4 is 5.97 Å². The summed E-state index contributed by atoms with van der Waals surface area (Å²) in [6.45, 7) is 10.4. The molecule has 3 rings (SSSR count). The zero-order valence-corrected chi connectivity index (χ0v) is 25.2. The second-order valence-electron chi connectivity index (χ2n) is 12.9. The fourth-order valence-electron chi connectivity index (χ4n) is 7.31. The molecule has 0 aliphatic heterocycles. The predicted molar refractivity (Wildman–Crippen MR) is 161 cm³/mol. The van der Waals surface area contributed by atoms with E-state index in [1.807, 2.05) is 0 Å². The van der Waals surface area contributed by atoms with Crippen molar-refractivity contribution in [3.05, 3.63) is 47.0 Å². The first-order valence-electron chi connectivity index (χ1n) is 16.0. The molecule has 2 fully saturated rings. The van der Waals surface area contributed by atoms with E-state index < -0.39 is 0 Å². The Labute approximate surface area is 238 Å². The first kappa shape index (κ1) is 31.9. The van der Waals surface area contributed by atoms with Gasteiger partial charge in [-0.05, 0) is 131 Å². The van der Waals surface area contributed by atoms with Crippen LogP contribution in [0.4, 0.5) is 0 Å². The van der Waals surface area contributed by atoms with Crippen molar-refractivity contribution < 1.29 is 19.7 Å². The Bertz CT molecular complexity index is 878. The smallest absolute Gasteiger partial charge is 0.333 e. The van der Waals surface area contributed by atoms with Gasteiger partial charge in [-0.1, -0.05) is 51.5 Å². The van der Waals surface area contributed by atoms with Gasteiger partial charge in [0.05, 0.1) is 19.8 Å². The van der Waals surface area contributed by atoms with Crippen LogP contribution in [-0.4, -0.2) is 36.0 Å². The highest BCUT2D eigenvalue weighted by molar-refractivity contribution is 5.86. The number of aliphatic hydroxyl groups is 2. The fraction of sp³-hybridized carbons (Fsp3) is 0.743. The number of carbonyl (C=O) groups is 1. The third kappa shape index (κ3) is 9.18. The highest BCUT2D eigenvalue weighted by atomic mass is 16.5. The van der Waals surface area contributed by atoms with Gasteiger partial charge >= 0.3 is 5.97 Å². The van der Waals surface area contributed by atoms with Crippen LogP contribution in [0.3, 0.4) is 0 Å². The van der Waals surface area contributed by atoms with Gasteiger partial charge < -0.3 is 14.9 Å². The summed E-state index contributed by atoms with van der Waals surface area (Å²) in [4.78, 5) is 11.5. The Morgan fingerprint density at radius 1 is 0.974 bits per heavy atom. The average molecular weight is 541 g/mol. The summed E-state index contributed by atoms with van der Waals surface area (Å²) in [6.07, 6.45) is 17.8. The van der Waals surface area contributed by atoms with E-state index in [4.69, 9.17) is 4.74 Å². The fourth-order valence-corrected chi connectivity index (χ4v) is 7.31. The maximum absolute atomic E-state index is 11.5. The third-order valence-electron chi connectivity index (χ3n) is 10.3. The highest BCUT2D eigenvalue weighted by Crippen LogP contribution is 2.45. The Morgan fingerprint density at radius 2 is 1.62 bits per heavy atom. The van der Waals surface area contributed by atoms with Crippen molar-refractivity contribution in [2.24, 2.45) is 23.2 Å². The first-order valence-corrected chi connectivity index (χ1v) is 16.0. The minimum atomic E-state index is -0.327. The van der Waals surface area contributed by atoms with E-state index in [2.05, 4.69) is 38.6 Å². The summed E-state index contributed by atoms with van der Waals surface area (Å²) in [6, 6.07) is 7.20. The molecule has 0 atom stereocenters. The van der Waals surface area contributed by atoms with Gasteiger partial charge in [-0.15, -0.1) is 0 Å². The number of rotatable bonds is 15. The van der Waals surface area contributed by atoms with Gasteiger partial charge in [0.25, 0.3) is 0 Å². The molecule has 0 bridgehead atoms. The van der Waals surface area contributed by atoms with Gasteiger partial charge in [0.2, 0.25) is 0 Å². The molecule has 4 heteroatoms. The second-order valence-corrected chi connectivity index (χ2v) is 12.9. The molecule has 4 nitrogen and oxygen atoms in total. The highest BCUT2D eigenvalue weighted by Gasteiger charge is 2.32. The topological polar surface area (TPSA) is 66.8 Å². The molecule has 1 aromatic rings. The second kappa shape index (κ2) is 16.0. The van der Waals surface area contributed by atoms with Crippen LogP contribution in [0.25, 0.3) is 0 Å². The zero-order valence-electron chi connectivity index (χ0n) is 25.2. The van der Waals surface area contributed by atoms with Crippen LogP contribution in [0.15, 0.2) is 30.4 Å². The van der Waals surface area contributed by atoms with Crippen LogP contribution in [0.2, 0.25) is 0 Å². The summed E-state index contributed by atoms with van der Waals surface area (Å²) in [5.74, 6) is 3.06. The van der Waals surface area contributed by atoms with E-state index >= 15 is 0 Å². The Hall–Kier alpha value is -1.65. The summed E-state index contributed by atoms with van der Waals surface area (Å²) < 4.78 is 5.27. The van der Waals surface area contributed by atoms with Crippen LogP contribution in [0.5, 0.6) is 0 Å². The lowest BCUT2D eigenvalue weighted by Crippen LogP contribution is -2.29. The SMILES string of the molecule is C=C(C)C(=O)OCCCC1CCC(C2CCC(c3ccc(CCCC(CC)(CO)CO)cc3CC)CC2)CC1. The molecule has 2 N–H and O–H groups in total. The van der Waals surface area contributed by atoms with Gasteiger partial charge in [0.1, 0.15) is 0 Å². The molecular weight excluding hydrogens is 484 g/mol. The molecule has 0 aromatic heterocycles. The number of hydrogen-bond acceptors (Lipinski definition) is 4. The Morgan fingerprint density at radius 3 is 2.18 bits per heavy atom. The van der Waals surface area contributed by atoms with E-state index in [9.17, 15) is 15.0 Å². The molecule has 220 valence electrons. The predicted octanol–water partition coefficient (Wildman–Crippen LogP) is 7.93. The molecule has 0 saturated heterocycles. The van der Waals surface area contributed by atoms with Crippen molar-refractivity contribution in [2.75, 3.05) is 19.8 Å². The lowest BCUT2D eigenvalue weighted by atomic mass is 9.67. The molecule has 2 saturated carbocycles. The molecule has 0 spiro atoms. The van der Waals surface area contributed by atoms with Crippen LogP contribution in [-0.2, 0) is 22.4 Å². The average Bonchev–Trinajstić information content (AvgIpc) is 2.98. The number of ether oxygens (including phenoxy) is 1. The lowest BCUT2D eigenvalue weighted by Gasteiger charge is -2.38. The molecule has 0 heterocycles. The standard InChI is InChI=1S/C35H56O4/c1-5-29-23-28(9-7-21-35(6-2,24-36)25-37)13-20-33(29)32-18-16-31(17-19-32)30-14-11-27(12-15-30)10-8-22-39-34(38)26(3)4/h13,20,23,27,30-32,36-37H,3,5-12,14-19,21-22,24-25H2,1-2,4H3. The van der Waals surface area contributed by atoms with Gasteiger partial charge in [-0.3, -0.25) is 0 Å². The van der Waals surface area contributed by atoms with E-state index in [1.54, 1.807) is 12.5 Å². The molecule has 0 amide bonds. The monoisotopic (exact) mass is 540 g/mol. The van der Waals surface area contributed by atoms with Crippen molar-refractivity contribution in [3.8, 4) is 0 Å². The van der Waals surface area contributed by atoms with Gasteiger partial charge in [-0.25, -0.2) is 4.79 Å². The molecular formula is C35H56O4. The molecule has 2 aliphatic rings. The zero-order chi connectivity index (χ0) is 28.3. The Kier molecular flexibility index (Phi) is 13.0. The third-order valence-corrected chi connectivity index (χ3v) is 10.3. The van der Waals surface area contributed by atoms with Crippen molar-refractivity contribution in [2.45, 2.75) is 123 Å². The lowest BCUT2D eigenvalue weighted by molar-refractivity contribution is -0.139. The van der Waals surface area contributed by atoms with Gasteiger partial charge in [0, 0.05) is 11.0 Å². The summed E-state index contributed by atoms with van der Waals surface area (Å²) in [5.41, 5.74) is 4.67. The normalized spacial score (nSPS) is 23.9. The van der Waals surface area contributed by atoms with Crippen molar-refractivity contribution in [3.63, 3.8) is 0 Å². The number of aliphatic hydroxyl groups excluding tert-OH is 2. The van der Waals surface area contributed by atoms with Crippen LogP contribution in [0.1, 0.15) is 127 Å². The molecule has 0 radical (unpaired) electrons. The minimum absolute atomic E-state index is 0.0675. The summed E-state index contributed by atoms with van der Waals surface area (Å²) in [5, 5.41) is 19.5. The largest absolute Gasteiger partial charge is 0.462 e. The minimum Gasteiger partial charge on any atom is -0.462 e. The van der Waals surface area contributed by atoms with E-state index in [0.717, 1.165) is 56.3 Å². The van der Waals surface area contributed by atoms with E-state index in [-0.39, 0.29) is 24.6 Å². The Balaban J connectivity index is 1.41. The van der Waals surface area contributed by atoms with Crippen LogP contribution >= 0.6 is 0 Å². The number of carbonyl (C=O) groups excluding carboxylic acids is 1. The number of esters is 1. The van der Waals surface area contributed by atoms with Gasteiger partial charge in [-0.2, -0.15) is 0 Å². The van der Waals surface area contributed by atoms with Crippen LogP contribution in [0, 0.1) is 23.2 Å². The maximum Gasteiger partial charge on any atom is 0.333 e. The quantitative estimate of drug-likeness (QED) is 0.135. The summed E-state index contributed by atoms with van der Waals surface area (Å²) in [7, 11) is 0. The van der Waals surface area contributed by atoms with Crippen molar-refractivity contribution in [1.29, 1.82) is 0 Å². The molecule has 1 aromatic carbocycles. The number of hydrogen-bond donors (Lipinski definition) is 2. The maximum atomic E-state index is 11.5. The van der Waals surface area contributed by atoms with E-state index in [0.29, 0.717) is 18.1 Å². The molecule has 0 unspecified atom stereocenters. The van der Waals surface area contributed by atoms with Crippen molar-refractivity contribution in [1.82, 2.24) is 0 Å². The van der Waals surface area contributed by atoms with Crippen LogP contribution < -0.4 is 0 Å². The molecule has 2 aliphatic carbocycles. The van der Waals surface area contributed by atoms with Gasteiger partial charge in [0.15, 0.2) is 0 Å². The van der Waals surface area contributed by atoms with E-state index in [1.165, 1.54) is 68.9 Å². The summed E-state index contributed by atoms with van der Waals surface area (Å²) >= 11 is 0. The molecule has 39 heavy (non-hydrogen) atoms. The first-order chi connectivity index (χ1) is 18.8.